The zero-order valence-electron chi connectivity index (χ0n) is 17.6. The minimum atomic E-state index is -0.990. The van der Waals surface area contributed by atoms with E-state index in [-0.39, 0.29) is 6.04 Å². The second-order valence-electron chi connectivity index (χ2n) is 8.45. The molecule has 1 N–H and O–H groups in total. The van der Waals surface area contributed by atoms with Crippen LogP contribution in [-0.4, -0.2) is 54.4 Å². The average molecular weight is 411 g/mol. The molecule has 0 radical (unpaired) electrons. The molecular weight excluding hydrogens is 379 g/mol. The minimum Gasteiger partial charge on any atom is -0.391 e. The lowest BCUT2D eigenvalue weighted by atomic mass is 9.82. The first-order valence-electron chi connectivity index (χ1n) is 11.1. The molecule has 1 fully saturated rings. The SMILES string of the molecule is CCN(C(=O)CF)c1cccc2c1CC(N1CCC(c3ccccc3)CC1)C(O)C2. The summed E-state index contributed by atoms with van der Waals surface area (Å²) >= 11 is 0. The molecule has 30 heavy (non-hydrogen) atoms. The Labute approximate surface area is 178 Å². The number of fused-ring (bicyclic) bond motifs is 1. The van der Waals surface area contributed by atoms with Gasteiger partial charge in [-0.05, 0) is 68.0 Å². The van der Waals surface area contributed by atoms with Crippen molar-refractivity contribution in [1.29, 1.82) is 0 Å². The van der Waals surface area contributed by atoms with E-state index in [1.807, 2.05) is 25.1 Å². The number of aliphatic hydroxyl groups excluding tert-OH is 1. The molecule has 0 saturated carbocycles. The van der Waals surface area contributed by atoms with Crippen LogP contribution in [0.5, 0.6) is 0 Å². The highest BCUT2D eigenvalue weighted by Gasteiger charge is 2.35. The fourth-order valence-corrected chi connectivity index (χ4v) is 5.22. The van der Waals surface area contributed by atoms with Gasteiger partial charge in [-0.25, -0.2) is 4.39 Å². The maximum atomic E-state index is 13.1. The summed E-state index contributed by atoms with van der Waals surface area (Å²) < 4.78 is 13.1. The van der Waals surface area contributed by atoms with Crippen LogP contribution in [-0.2, 0) is 17.6 Å². The standard InChI is InChI=1S/C25H31FN2O2/c1-2-28(25(30)17-26)22-10-6-9-20-15-24(29)23(16-21(20)22)27-13-11-19(12-14-27)18-7-4-3-5-8-18/h3-10,19,23-24,29H,2,11-17H2,1H3. The van der Waals surface area contributed by atoms with Crippen molar-refractivity contribution in [2.24, 2.45) is 0 Å². The van der Waals surface area contributed by atoms with Crippen LogP contribution in [0.2, 0.25) is 0 Å². The predicted octanol–water partition coefficient (Wildman–Crippen LogP) is 3.72. The van der Waals surface area contributed by atoms with Crippen LogP contribution in [0, 0.1) is 0 Å². The van der Waals surface area contributed by atoms with Crippen molar-refractivity contribution in [1.82, 2.24) is 4.90 Å². The van der Waals surface area contributed by atoms with Gasteiger partial charge in [0.1, 0.15) is 0 Å². The highest BCUT2D eigenvalue weighted by atomic mass is 19.1. The average Bonchev–Trinajstić information content (AvgIpc) is 2.80. The van der Waals surface area contributed by atoms with Gasteiger partial charge in [0.25, 0.3) is 5.91 Å². The van der Waals surface area contributed by atoms with Crippen molar-refractivity contribution >= 4 is 11.6 Å². The van der Waals surface area contributed by atoms with Gasteiger partial charge in [-0.1, -0.05) is 42.5 Å². The zero-order valence-corrected chi connectivity index (χ0v) is 17.6. The molecule has 4 nitrogen and oxygen atoms in total. The molecule has 1 amide bonds. The first-order valence-corrected chi connectivity index (χ1v) is 11.1. The van der Waals surface area contributed by atoms with Crippen molar-refractivity contribution in [3.8, 4) is 0 Å². The first kappa shape index (κ1) is 21.0. The lowest BCUT2D eigenvalue weighted by Crippen LogP contribution is -2.51. The topological polar surface area (TPSA) is 43.8 Å². The molecule has 160 valence electrons. The number of halogens is 1. The highest BCUT2D eigenvalue weighted by molar-refractivity contribution is 5.95. The molecule has 1 saturated heterocycles. The van der Waals surface area contributed by atoms with E-state index in [4.69, 9.17) is 0 Å². The van der Waals surface area contributed by atoms with Crippen LogP contribution >= 0.6 is 0 Å². The van der Waals surface area contributed by atoms with Gasteiger partial charge in [-0.2, -0.15) is 0 Å². The van der Waals surface area contributed by atoms with Gasteiger partial charge in [0.05, 0.1) is 6.10 Å². The lowest BCUT2D eigenvalue weighted by molar-refractivity contribution is -0.119. The van der Waals surface area contributed by atoms with Gasteiger partial charge in [-0.3, -0.25) is 9.69 Å². The second kappa shape index (κ2) is 9.27. The Kier molecular flexibility index (Phi) is 6.49. The normalized spacial score (nSPS) is 22.5. The van der Waals surface area contributed by atoms with E-state index in [0.29, 0.717) is 25.3 Å². The van der Waals surface area contributed by atoms with Crippen molar-refractivity contribution in [2.45, 2.75) is 50.7 Å². The fourth-order valence-electron chi connectivity index (χ4n) is 5.22. The summed E-state index contributed by atoms with van der Waals surface area (Å²) in [7, 11) is 0. The van der Waals surface area contributed by atoms with Gasteiger partial charge in [0, 0.05) is 24.7 Å². The number of piperidine rings is 1. The number of hydrogen-bond donors (Lipinski definition) is 1. The van der Waals surface area contributed by atoms with E-state index >= 15 is 0 Å². The van der Waals surface area contributed by atoms with E-state index in [0.717, 1.165) is 42.7 Å². The number of amides is 1. The third kappa shape index (κ3) is 4.14. The Morgan fingerprint density at radius 3 is 2.50 bits per heavy atom. The van der Waals surface area contributed by atoms with Gasteiger partial charge < -0.3 is 10.0 Å². The van der Waals surface area contributed by atoms with E-state index in [1.54, 1.807) is 0 Å². The summed E-state index contributed by atoms with van der Waals surface area (Å²) in [6.07, 6.45) is 3.02. The molecule has 0 aromatic heterocycles. The maximum absolute atomic E-state index is 13.1. The largest absolute Gasteiger partial charge is 0.391 e. The van der Waals surface area contributed by atoms with Crippen LogP contribution in [0.15, 0.2) is 48.5 Å². The van der Waals surface area contributed by atoms with E-state index in [1.165, 1.54) is 10.5 Å². The molecular formula is C25H31FN2O2. The molecule has 1 aliphatic heterocycles. The number of nitrogens with zero attached hydrogens (tertiary/aromatic N) is 2. The van der Waals surface area contributed by atoms with Crippen molar-refractivity contribution < 1.29 is 14.3 Å². The van der Waals surface area contributed by atoms with Crippen molar-refractivity contribution in [3.05, 3.63) is 65.2 Å². The molecule has 2 aromatic rings. The monoisotopic (exact) mass is 410 g/mol. The highest BCUT2D eigenvalue weighted by Crippen LogP contribution is 2.35. The smallest absolute Gasteiger partial charge is 0.258 e. The molecule has 5 heteroatoms. The number of aliphatic hydroxyl groups is 1. The molecule has 0 spiro atoms. The quantitative estimate of drug-likeness (QED) is 0.817. The van der Waals surface area contributed by atoms with Crippen LogP contribution in [0.3, 0.4) is 0 Å². The van der Waals surface area contributed by atoms with Crippen molar-refractivity contribution in [2.75, 3.05) is 31.2 Å². The number of carbonyl (C=O) groups excluding carboxylic acids is 1. The summed E-state index contributed by atoms with van der Waals surface area (Å²) in [5.41, 5.74) is 4.35. The maximum Gasteiger partial charge on any atom is 0.258 e. The van der Waals surface area contributed by atoms with Crippen LogP contribution in [0.1, 0.15) is 42.4 Å². The summed E-state index contributed by atoms with van der Waals surface area (Å²) in [4.78, 5) is 16.1. The number of carbonyl (C=O) groups is 1. The molecule has 4 rings (SSSR count). The van der Waals surface area contributed by atoms with Crippen molar-refractivity contribution in [3.63, 3.8) is 0 Å². The Morgan fingerprint density at radius 1 is 1.10 bits per heavy atom. The number of alkyl halides is 1. The molecule has 1 aliphatic carbocycles. The molecule has 0 bridgehead atoms. The summed E-state index contributed by atoms with van der Waals surface area (Å²) in [6.45, 7) is 3.24. The Hall–Kier alpha value is -2.24. The van der Waals surface area contributed by atoms with Crippen LogP contribution in [0.4, 0.5) is 10.1 Å². The van der Waals surface area contributed by atoms with E-state index in [9.17, 15) is 14.3 Å². The van der Waals surface area contributed by atoms with E-state index < -0.39 is 18.7 Å². The zero-order chi connectivity index (χ0) is 21.1. The fraction of sp³-hybridized carbons (Fsp3) is 0.480. The summed E-state index contributed by atoms with van der Waals surface area (Å²) in [5, 5.41) is 10.9. The van der Waals surface area contributed by atoms with Gasteiger partial charge in [-0.15, -0.1) is 0 Å². The lowest BCUT2D eigenvalue weighted by Gasteiger charge is -2.43. The molecule has 1 heterocycles. The predicted molar refractivity (Wildman–Crippen MR) is 118 cm³/mol. The summed E-state index contributed by atoms with van der Waals surface area (Å²) in [5.74, 6) is 0.0704. The number of hydrogen-bond acceptors (Lipinski definition) is 3. The number of anilines is 1. The Bertz CT molecular complexity index is 865. The van der Waals surface area contributed by atoms with Gasteiger partial charge in [0.2, 0.25) is 0 Å². The number of likely N-dealkylation sites (tertiary alicyclic amines) is 1. The van der Waals surface area contributed by atoms with Gasteiger partial charge >= 0.3 is 0 Å². The minimum absolute atomic E-state index is 0.0366. The number of benzene rings is 2. The third-order valence-corrected chi connectivity index (χ3v) is 6.83. The first-order chi connectivity index (χ1) is 14.6. The molecule has 2 aliphatic rings. The molecule has 2 atom stereocenters. The summed E-state index contributed by atoms with van der Waals surface area (Å²) in [6, 6.07) is 16.5. The molecule has 2 aromatic carbocycles. The van der Waals surface area contributed by atoms with Gasteiger partial charge in [0.15, 0.2) is 6.67 Å². The third-order valence-electron chi connectivity index (χ3n) is 6.83. The van der Waals surface area contributed by atoms with E-state index in [2.05, 4.69) is 35.2 Å². The number of rotatable bonds is 5. The molecule has 2 unspecified atom stereocenters. The second-order valence-corrected chi connectivity index (χ2v) is 8.45. The van der Waals surface area contributed by atoms with Crippen LogP contribution in [0.25, 0.3) is 0 Å². The Morgan fingerprint density at radius 2 is 1.83 bits per heavy atom. The Balaban J connectivity index is 1.51. The van der Waals surface area contributed by atoms with Crippen LogP contribution < -0.4 is 4.90 Å².